The van der Waals surface area contributed by atoms with E-state index in [0.29, 0.717) is 12.1 Å². The number of carboxylic acids is 1. The zero-order valence-electron chi connectivity index (χ0n) is 7.89. The van der Waals surface area contributed by atoms with E-state index in [2.05, 4.69) is 4.74 Å². The number of hydrogen-bond donors (Lipinski definition) is 1. The number of carboxylic acid groups (broad SMARTS) is 1. The molecule has 0 atom stereocenters. The molecule has 0 fully saturated rings. The summed E-state index contributed by atoms with van der Waals surface area (Å²) in [7, 11) is 0. The van der Waals surface area contributed by atoms with E-state index < -0.39 is 40.3 Å². The van der Waals surface area contributed by atoms with E-state index in [0.717, 1.165) is 0 Å². The van der Waals surface area contributed by atoms with E-state index in [1.54, 1.807) is 0 Å². The molecule has 9 heteroatoms. The molecule has 0 bridgehead atoms. The Labute approximate surface area is 91.4 Å². The number of non-ortho nitro benzene ring substituents is 1. The summed E-state index contributed by atoms with van der Waals surface area (Å²) in [5.41, 5.74) is -1.92. The Morgan fingerprint density at radius 1 is 1.47 bits per heavy atom. The second-order valence-corrected chi connectivity index (χ2v) is 2.75. The van der Waals surface area contributed by atoms with Gasteiger partial charge in [0.1, 0.15) is 5.56 Å². The van der Waals surface area contributed by atoms with E-state index >= 15 is 0 Å². The van der Waals surface area contributed by atoms with Crippen LogP contribution >= 0.6 is 0 Å². The Morgan fingerprint density at radius 3 is 2.47 bits per heavy atom. The fourth-order valence-electron chi connectivity index (χ4n) is 1.05. The minimum Gasteiger partial charge on any atom is -0.478 e. The molecule has 0 spiro atoms. The zero-order valence-corrected chi connectivity index (χ0v) is 7.89. The minimum absolute atomic E-state index is 0.296. The number of nitro benzene ring substituents is 1. The van der Waals surface area contributed by atoms with Gasteiger partial charge < -0.3 is 9.84 Å². The van der Waals surface area contributed by atoms with Crippen molar-refractivity contribution in [3.05, 3.63) is 33.6 Å². The molecule has 0 radical (unpaired) electrons. The molecular weight excluding hydrogens is 247 g/mol. The first-order chi connectivity index (χ1) is 7.82. The van der Waals surface area contributed by atoms with Crippen LogP contribution in [0.4, 0.5) is 18.9 Å². The lowest BCUT2D eigenvalue weighted by molar-refractivity contribution is -0.385. The summed E-state index contributed by atoms with van der Waals surface area (Å²) >= 11 is 0. The van der Waals surface area contributed by atoms with Gasteiger partial charge in [-0.1, -0.05) is 0 Å². The Balaban J connectivity index is 3.38. The molecule has 0 aliphatic heterocycles. The molecular formula is C8H4F3NO5. The third kappa shape index (κ3) is 2.83. The van der Waals surface area contributed by atoms with Crippen LogP contribution in [0.5, 0.6) is 5.75 Å². The van der Waals surface area contributed by atoms with E-state index in [-0.39, 0.29) is 0 Å². The number of aromatic carboxylic acids is 1. The summed E-state index contributed by atoms with van der Waals surface area (Å²) in [5.74, 6) is -4.60. The maximum atomic E-state index is 13.2. The van der Waals surface area contributed by atoms with Crippen LogP contribution in [0.3, 0.4) is 0 Å². The van der Waals surface area contributed by atoms with Gasteiger partial charge in [0.15, 0.2) is 11.6 Å². The van der Waals surface area contributed by atoms with Gasteiger partial charge >= 0.3 is 12.6 Å². The zero-order chi connectivity index (χ0) is 13.2. The molecule has 1 aromatic carbocycles. The molecule has 6 nitrogen and oxygen atoms in total. The fraction of sp³-hybridized carbons (Fsp3) is 0.125. The highest BCUT2D eigenvalue weighted by Gasteiger charge is 2.24. The Bertz CT molecular complexity index is 476. The maximum absolute atomic E-state index is 13.2. The lowest BCUT2D eigenvalue weighted by Crippen LogP contribution is -2.10. The molecule has 0 heterocycles. The number of benzene rings is 1. The molecule has 0 unspecified atom stereocenters. The molecule has 0 saturated carbocycles. The van der Waals surface area contributed by atoms with Crippen LogP contribution in [0.1, 0.15) is 10.4 Å². The van der Waals surface area contributed by atoms with Crippen molar-refractivity contribution in [2.24, 2.45) is 0 Å². The summed E-state index contributed by atoms with van der Waals surface area (Å²) in [6, 6.07) is 0.729. The lowest BCUT2D eigenvalue weighted by atomic mass is 10.1. The molecule has 1 N–H and O–H groups in total. The van der Waals surface area contributed by atoms with Crippen molar-refractivity contribution in [3.63, 3.8) is 0 Å². The van der Waals surface area contributed by atoms with Crippen LogP contribution < -0.4 is 4.74 Å². The number of nitro groups is 1. The number of nitrogens with zero attached hydrogens (tertiary/aromatic N) is 1. The van der Waals surface area contributed by atoms with E-state index in [4.69, 9.17) is 5.11 Å². The number of halogens is 3. The van der Waals surface area contributed by atoms with Gasteiger partial charge in [0.05, 0.1) is 11.0 Å². The van der Waals surface area contributed by atoms with E-state index in [9.17, 15) is 28.1 Å². The van der Waals surface area contributed by atoms with Gasteiger partial charge in [-0.2, -0.15) is 8.78 Å². The van der Waals surface area contributed by atoms with Crippen molar-refractivity contribution in [1.29, 1.82) is 0 Å². The summed E-state index contributed by atoms with van der Waals surface area (Å²) in [6.45, 7) is -3.44. The van der Waals surface area contributed by atoms with Crippen molar-refractivity contribution in [2.75, 3.05) is 0 Å². The monoisotopic (exact) mass is 251 g/mol. The molecule has 0 aliphatic rings. The number of ether oxygens (including phenoxy) is 1. The first-order valence-corrected chi connectivity index (χ1v) is 3.99. The standard InChI is InChI=1S/C8H4F3NO5/c9-5-2-3(12(15)16)1-4(7(13)14)6(5)17-8(10)11/h1-2,8H,(H,13,14). The predicted octanol–water partition coefficient (Wildman–Crippen LogP) is 2.03. The van der Waals surface area contributed by atoms with Crippen molar-refractivity contribution in [3.8, 4) is 5.75 Å². The first-order valence-electron chi connectivity index (χ1n) is 3.99. The SMILES string of the molecule is O=C(O)c1cc([N+](=O)[O-])cc(F)c1OC(F)F. The highest BCUT2D eigenvalue weighted by molar-refractivity contribution is 5.91. The van der Waals surface area contributed by atoms with Crippen LogP contribution in [-0.4, -0.2) is 22.6 Å². The summed E-state index contributed by atoms with van der Waals surface area (Å²) in [6.07, 6.45) is 0. The number of alkyl halides is 2. The van der Waals surface area contributed by atoms with Gasteiger partial charge in [-0.25, -0.2) is 9.18 Å². The second-order valence-electron chi connectivity index (χ2n) is 2.75. The second kappa shape index (κ2) is 4.68. The average molecular weight is 251 g/mol. The third-order valence-corrected chi connectivity index (χ3v) is 1.68. The molecule has 0 aliphatic carbocycles. The fourth-order valence-corrected chi connectivity index (χ4v) is 1.05. The molecule has 92 valence electrons. The van der Waals surface area contributed by atoms with Crippen molar-refractivity contribution in [1.82, 2.24) is 0 Å². The van der Waals surface area contributed by atoms with Crippen molar-refractivity contribution < 1.29 is 32.7 Å². The summed E-state index contributed by atoms with van der Waals surface area (Å²) in [4.78, 5) is 19.9. The van der Waals surface area contributed by atoms with Gasteiger partial charge in [0, 0.05) is 6.07 Å². The first kappa shape index (κ1) is 12.7. The Hall–Kier alpha value is -2.32. The average Bonchev–Trinajstić information content (AvgIpc) is 2.19. The molecule has 17 heavy (non-hydrogen) atoms. The molecule has 0 saturated heterocycles. The topological polar surface area (TPSA) is 89.7 Å². The van der Waals surface area contributed by atoms with Gasteiger partial charge in [-0.05, 0) is 0 Å². The molecule has 0 amide bonds. The van der Waals surface area contributed by atoms with E-state index in [1.807, 2.05) is 0 Å². The van der Waals surface area contributed by atoms with Gasteiger partial charge in [-0.3, -0.25) is 10.1 Å². The minimum atomic E-state index is -3.44. The molecule has 0 aromatic heterocycles. The largest absolute Gasteiger partial charge is 0.478 e. The normalized spacial score (nSPS) is 10.4. The highest BCUT2D eigenvalue weighted by Crippen LogP contribution is 2.29. The van der Waals surface area contributed by atoms with Crippen molar-refractivity contribution in [2.45, 2.75) is 6.61 Å². The van der Waals surface area contributed by atoms with E-state index in [1.165, 1.54) is 0 Å². The van der Waals surface area contributed by atoms with Crippen LogP contribution in [0, 0.1) is 15.9 Å². The van der Waals surface area contributed by atoms with Crippen LogP contribution in [0.15, 0.2) is 12.1 Å². The third-order valence-electron chi connectivity index (χ3n) is 1.68. The lowest BCUT2D eigenvalue weighted by Gasteiger charge is -2.08. The number of hydrogen-bond acceptors (Lipinski definition) is 4. The van der Waals surface area contributed by atoms with Crippen LogP contribution in [-0.2, 0) is 0 Å². The maximum Gasteiger partial charge on any atom is 0.387 e. The number of rotatable bonds is 4. The molecule has 1 rings (SSSR count). The number of carbonyl (C=O) groups is 1. The predicted molar refractivity (Wildman–Crippen MR) is 46.6 cm³/mol. The van der Waals surface area contributed by atoms with Crippen LogP contribution in [0.25, 0.3) is 0 Å². The highest BCUT2D eigenvalue weighted by atomic mass is 19.3. The van der Waals surface area contributed by atoms with Crippen LogP contribution in [0.2, 0.25) is 0 Å². The molecule has 1 aromatic rings. The summed E-state index contributed by atoms with van der Waals surface area (Å²) < 4.78 is 40.6. The Morgan fingerprint density at radius 2 is 2.06 bits per heavy atom. The summed E-state index contributed by atoms with van der Waals surface area (Å²) in [5, 5.41) is 18.9. The van der Waals surface area contributed by atoms with Gasteiger partial charge in [0.2, 0.25) is 0 Å². The van der Waals surface area contributed by atoms with Gasteiger partial charge in [-0.15, -0.1) is 0 Å². The Kier molecular flexibility index (Phi) is 3.51. The van der Waals surface area contributed by atoms with Crippen molar-refractivity contribution >= 4 is 11.7 Å². The smallest absolute Gasteiger partial charge is 0.387 e. The quantitative estimate of drug-likeness (QED) is 0.653. The van der Waals surface area contributed by atoms with Gasteiger partial charge in [0.25, 0.3) is 5.69 Å².